The van der Waals surface area contributed by atoms with Crippen LogP contribution in [0.15, 0.2) is 67.3 Å². The number of methoxy groups -OCH3 is 1. The van der Waals surface area contributed by atoms with E-state index in [2.05, 4.69) is 22.2 Å². The van der Waals surface area contributed by atoms with Gasteiger partial charge in [-0.25, -0.2) is 0 Å². The minimum absolute atomic E-state index is 0.129. The van der Waals surface area contributed by atoms with E-state index in [1.807, 2.05) is 79.9 Å². The monoisotopic (exact) mass is 528 g/mol. The summed E-state index contributed by atoms with van der Waals surface area (Å²) < 4.78 is 7.13. The summed E-state index contributed by atoms with van der Waals surface area (Å²) in [5.74, 6) is 0.344. The van der Waals surface area contributed by atoms with Gasteiger partial charge in [-0.2, -0.15) is 5.10 Å². The van der Waals surface area contributed by atoms with Crippen LogP contribution in [0.3, 0.4) is 0 Å². The van der Waals surface area contributed by atoms with Gasteiger partial charge < -0.3 is 24.8 Å². The van der Waals surface area contributed by atoms with Gasteiger partial charge in [0, 0.05) is 69.3 Å². The predicted molar refractivity (Wildman–Crippen MR) is 153 cm³/mol. The van der Waals surface area contributed by atoms with Crippen molar-refractivity contribution in [2.45, 2.75) is 26.8 Å². The Hall–Kier alpha value is -4.53. The van der Waals surface area contributed by atoms with E-state index in [1.165, 1.54) is 4.90 Å². The predicted octanol–water partition coefficient (Wildman–Crippen LogP) is 4.68. The van der Waals surface area contributed by atoms with Gasteiger partial charge in [-0.05, 0) is 68.3 Å². The molecule has 3 aromatic rings. The zero-order valence-electron chi connectivity index (χ0n) is 23.6. The number of carbonyl (C=O) groups excluding carboxylic acids is 2. The molecular weight excluding hydrogens is 492 g/mol. The Kier molecular flexibility index (Phi) is 8.09. The number of carbonyl (C=O) groups is 2. The number of nitrogens with one attached hydrogen (secondary N) is 1. The van der Waals surface area contributed by atoms with Crippen LogP contribution >= 0.6 is 0 Å². The highest BCUT2D eigenvalue weighted by Crippen LogP contribution is 2.29. The Morgan fingerprint density at radius 2 is 1.77 bits per heavy atom. The maximum absolute atomic E-state index is 13.4. The molecule has 1 unspecified atom stereocenters. The molecule has 9 nitrogen and oxygen atoms in total. The van der Waals surface area contributed by atoms with Crippen molar-refractivity contribution in [2.24, 2.45) is 7.05 Å². The number of rotatable bonds is 8. The first-order valence-corrected chi connectivity index (χ1v) is 12.9. The maximum atomic E-state index is 13.4. The number of amides is 2. The first-order valence-electron chi connectivity index (χ1n) is 12.9. The molecule has 0 radical (unpaired) electrons. The molecule has 204 valence electrons. The fourth-order valence-electron chi connectivity index (χ4n) is 4.35. The molecular formula is C30H36N6O3. The number of aryl methyl sites for hydroxylation is 2. The molecule has 0 aliphatic carbocycles. The molecule has 1 aromatic heterocycles. The lowest BCUT2D eigenvalue weighted by molar-refractivity contribution is 0.0816. The number of nitrogens with zero attached hydrogens (tertiary/aromatic N) is 5. The Labute approximate surface area is 230 Å². The molecule has 2 heterocycles. The van der Waals surface area contributed by atoms with Crippen molar-refractivity contribution in [2.75, 3.05) is 32.6 Å². The molecule has 1 N–H and O–H groups in total. The van der Waals surface area contributed by atoms with Crippen molar-refractivity contribution in [1.82, 2.24) is 24.9 Å². The van der Waals surface area contributed by atoms with Crippen LogP contribution in [0.4, 0.5) is 5.69 Å². The second-order valence-corrected chi connectivity index (χ2v) is 9.76. The standard InChI is InChI=1S/C30H36N6O3/c1-8-35-11-13-36(14-12-35)24-10-9-20(2)26(18-24)29(37)31-21(3)22-15-23(17-25(16-22)39-7)27-19-28(34(6)32-27)30(38)33(4)5/h9-19,21H,8H2,1-7H3,(H,31,37). The molecule has 9 heteroatoms. The smallest absolute Gasteiger partial charge is 0.271 e. The molecule has 2 amide bonds. The van der Waals surface area contributed by atoms with Crippen LogP contribution in [0.2, 0.25) is 0 Å². The van der Waals surface area contributed by atoms with E-state index in [4.69, 9.17) is 4.74 Å². The number of anilines is 1. The summed E-state index contributed by atoms with van der Waals surface area (Å²) in [5.41, 5.74) is 5.19. The minimum Gasteiger partial charge on any atom is -0.497 e. The highest BCUT2D eigenvalue weighted by molar-refractivity contribution is 5.97. The number of aromatic nitrogens is 2. The third kappa shape index (κ3) is 5.98. The molecule has 0 bridgehead atoms. The molecule has 2 aromatic carbocycles. The first-order chi connectivity index (χ1) is 18.6. The summed E-state index contributed by atoms with van der Waals surface area (Å²) in [6.45, 7) is 6.85. The Morgan fingerprint density at radius 1 is 1.05 bits per heavy atom. The lowest BCUT2D eigenvalue weighted by Crippen LogP contribution is -2.27. The topological polar surface area (TPSA) is 82.9 Å². The fourth-order valence-corrected chi connectivity index (χ4v) is 4.35. The Morgan fingerprint density at radius 3 is 2.41 bits per heavy atom. The van der Waals surface area contributed by atoms with Crippen LogP contribution in [-0.4, -0.2) is 59.1 Å². The zero-order chi connectivity index (χ0) is 28.3. The number of hydrogen-bond acceptors (Lipinski definition) is 6. The van der Waals surface area contributed by atoms with E-state index >= 15 is 0 Å². The molecule has 4 rings (SSSR count). The molecule has 0 saturated heterocycles. The lowest BCUT2D eigenvalue weighted by atomic mass is 10.0. The second-order valence-electron chi connectivity index (χ2n) is 9.76. The molecule has 0 saturated carbocycles. The summed E-state index contributed by atoms with van der Waals surface area (Å²) in [4.78, 5) is 31.5. The van der Waals surface area contributed by atoms with Gasteiger partial charge in [0.1, 0.15) is 11.4 Å². The quantitative estimate of drug-likeness (QED) is 0.457. The fraction of sp³-hybridized carbons (Fsp3) is 0.300. The van der Waals surface area contributed by atoms with Gasteiger partial charge in [0.25, 0.3) is 11.8 Å². The number of hydrogen-bond donors (Lipinski definition) is 1. The van der Waals surface area contributed by atoms with Gasteiger partial charge in [-0.15, -0.1) is 0 Å². The summed E-state index contributed by atoms with van der Waals surface area (Å²) in [5, 5.41) is 7.69. The van der Waals surface area contributed by atoms with Gasteiger partial charge in [0.15, 0.2) is 0 Å². The van der Waals surface area contributed by atoms with Crippen LogP contribution < -0.4 is 15.0 Å². The van der Waals surface area contributed by atoms with Crippen molar-refractivity contribution in [3.8, 4) is 17.0 Å². The molecule has 1 atom stereocenters. The molecule has 0 spiro atoms. The molecule has 1 aliphatic rings. The van der Waals surface area contributed by atoms with Crippen molar-refractivity contribution in [3.05, 3.63) is 89.6 Å². The first kappa shape index (κ1) is 27.5. The summed E-state index contributed by atoms with van der Waals surface area (Å²) >= 11 is 0. The highest BCUT2D eigenvalue weighted by atomic mass is 16.5. The molecule has 1 aliphatic heterocycles. The summed E-state index contributed by atoms with van der Waals surface area (Å²) in [7, 11) is 6.76. The Balaban J connectivity index is 1.58. The summed E-state index contributed by atoms with van der Waals surface area (Å²) in [6.07, 6.45) is 7.96. The van der Waals surface area contributed by atoms with E-state index in [0.717, 1.165) is 28.9 Å². The molecule has 0 fully saturated rings. The minimum atomic E-state index is -0.311. The largest absolute Gasteiger partial charge is 0.497 e. The Bertz CT molecular complexity index is 1420. The third-order valence-electron chi connectivity index (χ3n) is 6.78. The van der Waals surface area contributed by atoms with Crippen molar-refractivity contribution in [3.63, 3.8) is 0 Å². The van der Waals surface area contributed by atoms with Gasteiger partial charge in [0.2, 0.25) is 0 Å². The van der Waals surface area contributed by atoms with Crippen LogP contribution in [-0.2, 0) is 7.05 Å². The summed E-state index contributed by atoms with van der Waals surface area (Å²) in [6, 6.07) is 13.1. The zero-order valence-corrected chi connectivity index (χ0v) is 23.6. The normalized spacial score (nSPS) is 13.4. The van der Waals surface area contributed by atoms with Gasteiger partial charge in [-0.1, -0.05) is 6.07 Å². The SMILES string of the molecule is CCN1C=CN(c2ccc(C)c(C(=O)NC(C)c3cc(OC)cc(-c4cc(C(=O)N(C)C)n(C)n4)c3)c2)C=C1. The van der Waals surface area contributed by atoms with E-state index in [9.17, 15) is 9.59 Å². The molecule has 39 heavy (non-hydrogen) atoms. The van der Waals surface area contributed by atoms with Gasteiger partial charge >= 0.3 is 0 Å². The van der Waals surface area contributed by atoms with E-state index < -0.39 is 0 Å². The van der Waals surface area contributed by atoms with Gasteiger partial charge in [-0.3, -0.25) is 14.3 Å². The average molecular weight is 529 g/mol. The third-order valence-corrected chi connectivity index (χ3v) is 6.78. The van der Waals surface area contributed by atoms with Crippen molar-refractivity contribution < 1.29 is 14.3 Å². The van der Waals surface area contributed by atoms with Crippen molar-refractivity contribution >= 4 is 17.5 Å². The van der Waals surface area contributed by atoms with Crippen molar-refractivity contribution in [1.29, 1.82) is 0 Å². The number of benzene rings is 2. The van der Waals surface area contributed by atoms with Gasteiger partial charge in [0.05, 0.1) is 18.8 Å². The average Bonchev–Trinajstić information content (AvgIpc) is 3.33. The van der Waals surface area contributed by atoms with Crippen LogP contribution in [0.5, 0.6) is 5.75 Å². The lowest BCUT2D eigenvalue weighted by Gasteiger charge is -2.25. The van der Waals surface area contributed by atoms with Crippen LogP contribution in [0, 0.1) is 6.92 Å². The highest BCUT2D eigenvalue weighted by Gasteiger charge is 2.20. The van der Waals surface area contributed by atoms with E-state index in [1.54, 1.807) is 39.0 Å². The van der Waals surface area contributed by atoms with E-state index in [-0.39, 0.29) is 17.9 Å². The van der Waals surface area contributed by atoms with Crippen LogP contribution in [0.1, 0.15) is 51.9 Å². The second kappa shape index (κ2) is 11.5. The van der Waals surface area contributed by atoms with Crippen LogP contribution in [0.25, 0.3) is 11.3 Å². The number of ether oxygens (including phenoxy) is 1. The maximum Gasteiger partial charge on any atom is 0.271 e. The van der Waals surface area contributed by atoms with E-state index in [0.29, 0.717) is 22.7 Å².